The van der Waals surface area contributed by atoms with E-state index >= 15 is 0 Å². The van der Waals surface area contributed by atoms with Crippen molar-refractivity contribution in [2.24, 2.45) is 0 Å². The number of benzene rings is 2. The second kappa shape index (κ2) is 6.05. The van der Waals surface area contributed by atoms with Gasteiger partial charge in [0.2, 0.25) is 0 Å². The molecule has 0 radical (unpaired) electrons. The predicted octanol–water partition coefficient (Wildman–Crippen LogP) is 2.87. The number of carbonyl (C=O) groups is 1. The molecular weight excluding hydrogens is 293 g/mol. The largest absolute Gasteiger partial charge is 0.322 e. The van der Waals surface area contributed by atoms with E-state index in [9.17, 15) is 17.6 Å². The predicted molar refractivity (Wildman–Crippen MR) is 78.5 cm³/mol. The first-order chi connectivity index (χ1) is 9.94. The minimum atomic E-state index is -3.28. The molecule has 0 heterocycles. The number of sulfone groups is 1. The van der Waals surface area contributed by atoms with E-state index in [0.717, 1.165) is 0 Å². The maximum absolute atomic E-state index is 13.5. The van der Waals surface area contributed by atoms with Crippen LogP contribution in [0.5, 0.6) is 0 Å². The Kier molecular flexibility index (Phi) is 4.37. The van der Waals surface area contributed by atoms with Crippen molar-refractivity contribution >= 4 is 21.4 Å². The molecule has 2 aromatic rings. The lowest BCUT2D eigenvalue weighted by Crippen LogP contribution is -2.13. The average molecular weight is 307 g/mol. The van der Waals surface area contributed by atoms with Crippen LogP contribution in [0.3, 0.4) is 0 Å². The lowest BCUT2D eigenvalue weighted by molar-refractivity contribution is 0.102. The van der Waals surface area contributed by atoms with Crippen molar-refractivity contribution < 1.29 is 17.6 Å². The van der Waals surface area contributed by atoms with E-state index in [1.807, 2.05) is 0 Å². The topological polar surface area (TPSA) is 63.2 Å². The fourth-order valence-electron chi connectivity index (χ4n) is 1.76. The van der Waals surface area contributed by atoms with Crippen LogP contribution >= 0.6 is 0 Å². The molecule has 4 nitrogen and oxygen atoms in total. The Morgan fingerprint density at radius 1 is 1.10 bits per heavy atom. The lowest BCUT2D eigenvalue weighted by Gasteiger charge is -2.07. The van der Waals surface area contributed by atoms with Gasteiger partial charge >= 0.3 is 0 Å². The molecule has 2 aromatic carbocycles. The zero-order chi connectivity index (χ0) is 15.5. The molecule has 0 aromatic heterocycles. The number of anilines is 1. The van der Waals surface area contributed by atoms with Crippen molar-refractivity contribution in [3.8, 4) is 0 Å². The van der Waals surface area contributed by atoms with Gasteiger partial charge in [0.15, 0.2) is 9.84 Å². The van der Waals surface area contributed by atoms with E-state index in [1.165, 1.54) is 42.5 Å². The first kappa shape index (κ1) is 15.2. The highest BCUT2D eigenvalue weighted by atomic mass is 32.2. The summed E-state index contributed by atoms with van der Waals surface area (Å²) in [4.78, 5) is 12.1. The maximum Gasteiger partial charge on any atom is 0.258 e. The van der Waals surface area contributed by atoms with Crippen molar-refractivity contribution in [1.82, 2.24) is 0 Å². The lowest BCUT2D eigenvalue weighted by atomic mass is 10.2. The number of amides is 1. The summed E-state index contributed by atoms with van der Waals surface area (Å²) in [7, 11) is -3.28. The number of hydrogen-bond acceptors (Lipinski definition) is 3. The summed E-state index contributed by atoms with van der Waals surface area (Å²) in [5.41, 5.74) is 0.334. The summed E-state index contributed by atoms with van der Waals surface area (Å²) >= 11 is 0. The van der Waals surface area contributed by atoms with Crippen molar-refractivity contribution in [2.45, 2.75) is 11.8 Å². The minimum absolute atomic E-state index is 0.00787. The molecule has 1 amide bonds. The van der Waals surface area contributed by atoms with Crippen LogP contribution < -0.4 is 5.32 Å². The summed E-state index contributed by atoms with van der Waals surface area (Å²) in [5, 5.41) is 2.52. The Bertz CT molecular complexity index is 755. The second-order valence-electron chi connectivity index (χ2n) is 4.36. The van der Waals surface area contributed by atoms with Crippen LogP contribution in [0.25, 0.3) is 0 Å². The molecule has 0 unspecified atom stereocenters. The van der Waals surface area contributed by atoms with Gasteiger partial charge in [0, 0.05) is 5.69 Å². The van der Waals surface area contributed by atoms with E-state index in [4.69, 9.17) is 0 Å². The van der Waals surface area contributed by atoms with Crippen molar-refractivity contribution in [2.75, 3.05) is 11.1 Å². The molecule has 0 spiro atoms. The first-order valence-electron chi connectivity index (χ1n) is 6.33. The monoisotopic (exact) mass is 307 g/mol. The van der Waals surface area contributed by atoms with Crippen molar-refractivity contribution in [3.63, 3.8) is 0 Å². The Morgan fingerprint density at radius 2 is 1.71 bits per heavy atom. The molecule has 0 aliphatic carbocycles. The highest BCUT2D eigenvalue weighted by molar-refractivity contribution is 7.91. The van der Waals surface area contributed by atoms with E-state index in [2.05, 4.69) is 5.32 Å². The molecule has 0 bridgehead atoms. The molecule has 21 heavy (non-hydrogen) atoms. The summed E-state index contributed by atoms with van der Waals surface area (Å²) in [6, 6.07) is 11.4. The molecule has 0 saturated carbocycles. The van der Waals surface area contributed by atoms with Gasteiger partial charge in [-0.1, -0.05) is 19.1 Å². The van der Waals surface area contributed by atoms with Crippen molar-refractivity contribution in [1.29, 1.82) is 0 Å². The van der Waals surface area contributed by atoms with E-state index in [1.54, 1.807) is 13.0 Å². The molecule has 0 saturated heterocycles. The van der Waals surface area contributed by atoms with E-state index in [-0.39, 0.29) is 16.2 Å². The molecule has 110 valence electrons. The smallest absolute Gasteiger partial charge is 0.258 e. The summed E-state index contributed by atoms with van der Waals surface area (Å²) in [5.74, 6) is -1.19. The normalized spacial score (nSPS) is 11.1. The van der Waals surface area contributed by atoms with Gasteiger partial charge in [-0.05, 0) is 36.4 Å². The Balaban J connectivity index is 2.18. The van der Waals surface area contributed by atoms with Crippen LogP contribution in [0.4, 0.5) is 10.1 Å². The fraction of sp³-hybridized carbons (Fsp3) is 0.133. The third-order valence-corrected chi connectivity index (χ3v) is 4.72. The van der Waals surface area contributed by atoms with Gasteiger partial charge in [-0.3, -0.25) is 4.79 Å². The molecule has 2 rings (SSSR count). The van der Waals surface area contributed by atoms with Gasteiger partial charge in [-0.15, -0.1) is 0 Å². The van der Waals surface area contributed by atoms with Gasteiger partial charge in [0.25, 0.3) is 5.91 Å². The molecular formula is C15H14FNO3S. The van der Waals surface area contributed by atoms with Crippen LogP contribution in [-0.4, -0.2) is 20.1 Å². The van der Waals surface area contributed by atoms with E-state index < -0.39 is 21.6 Å². The standard InChI is InChI=1S/C15H14FNO3S/c1-2-21(19,20)12-9-7-11(8-10-12)17-15(18)13-5-3-4-6-14(13)16/h3-10H,2H2,1H3,(H,17,18). The molecule has 0 atom stereocenters. The van der Waals surface area contributed by atoms with Gasteiger partial charge in [0.05, 0.1) is 16.2 Å². The quantitative estimate of drug-likeness (QED) is 0.944. The first-order valence-corrected chi connectivity index (χ1v) is 7.98. The van der Waals surface area contributed by atoms with Gasteiger partial charge < -0.3 is 5.32 Å². The fourth-order valence-corrected chi connectivity index (χ4v) is 2.64. The summed E-state index contributed by atoms with van der Waals surface area (Å²) in [6.07, 6.45) is 0. The number of nitrogens with one attached hydrogen (secondary N) is 1. The SMILES string of the molecule is CCS(=O)(=O)c1ccc(NC(=O)c2ccccc2F)cc1. The average Bonchev–Trinajstić information content (AvgIpc) is 2.48. The van der Waals surface area contributed by atoms with Crippen LogP contribution in [0, 0.1) is 5.82 Å². The molecule has 6 heteroatoms. The summed E-state index contributed by atoms with van der Waals surface area (Å²) in [6.45, 7) is 1.56. The molecule has 0 aliphatic heterocycles. The number of hydrogen-bond donors (Lipinski definition) is 1. The number of carbonyl (C=O) groups excluding carboxylic acids is 1. The Morgan fingerprint density at radius 3 is 2.29 bits per heavy atom. The molecule has 0 aliphatic rings. The Hall–Kier alpha value is -2.21. The van der Waals surface area contributed by atoms with Gasteiger partial charge in [-0.25, -0.2) is 12.8 Å². The highest BCUT2D eigenvalue weighted by Gasteiger charge is 2.13. The Labute approximate surface area is 122 Å². The van der Waals surface area contributed by atoms with Gasteiger partial charge in [0.1, 0.15) is 5.82 Å². The minimum Gasteiger partial charge on any atom is -0.322 e. The zero-order valence-electron chi connectivity index (χ0n) is 11.3. The number of halogens is 1. The second-order valence-corrected chi connectivity index (χ2v) is 6.64. The van der Waals surface area contributed by atoms with Crippen LogP contribution in [0.1, 0.15) is 17.3 Å². The van der Waals surface area contributed by atoms with Gasteiger partial charge in [-0.2, -0.15) is 0 Å². The van der Waals surface area contributed by atoms with Crippen LogP contribution in [-0.2, 0) is 9.84 Å². The molecule has 1 N–H and O–H groups in total. The highest BCUT2D eigenvalue weighted by Crippen LogP contribution is 2.16. The molecule has 0 fully saturated rings. The van der Waals surface area contributed by atoms with E-state index in [0.29, 0.717) is 5.69 Å². The third kappa shape index (κ3) is 3.46. The van der Waals surface area contributed by atoms with Crippen LogP contribution in [0.15, 0.2) is 53.4 Å². The summed E-state index contributed by atoms with van der Waals surface area (Å²) < 4.78 is 36.8. The van der Waals surface area contributed by atoms with Crippen molar-refractivity contribution in [3.05, 3.63) is 59.9 Å². The third-order valence-electron chi connectivity index (χ3n) is 2.97. The number of rotatable bonds is 4. The van der Waals surface area contributed by atoms with Crippen LogP contribution in [0.2, 0.25) is 0 Å². The zero-order valence-corrected chi connectivity index (χ0v) is 12.2. The maximum atomic E-state index is 13.5.